The number of hydrogen-bond donors (Lipinski definition) is 2. The Morgan fingerprint density at radius 1 is 1.25 bits per heavy atom. The average Bonchev–Trinajstić information content (AvgIpc) is 2.28. The Balaban J connectivity index is 2.74. The standard InChI is InChI=1S/C12H15NO3/c1-3-8(2)13-11(14)9-4-6-10(7-5-9)12(15)16/h4-8H,3H2,1-2H3,(H,13,14)(H,15,16). The fraction of sp³-hybridized carbons (Fsp3) is 0.333. The lowest BCUT2D eigenvalue weighted by atomic mass is 10.1. The van der Waals surface area contributed by atoms with Gasteiger partial charge in [0.2, 0.25) is 0 Å². The van der Waals surface area contributed by atoms with E-state index in [0.29, 0.717) is 5.56 Å². The third-order valence-electron chi connectivity index (χ3n) is 2.38. The van der Waals surface area contributed by atoms with Gasteiger partial charge in [-0.15, -0.1) is 0 Å². The Kier molecular flexibility index (Phi) is 4.05. The average molecular weight is 221 g/mol. The molecule has 1 atom stereocenters. The number of carbonyl (C=O) groups is 2. The number of carbonyl (C=O) groups excluding carboxylic acids is 1. The summed E-state index contributed by atoms with van der Waals surface area (Å²) in [6, 6.07) is 6.00. The minimum Gasteiger partial charge on any atom is -0.478 e. The molecule has 16 heavy (non-hydrogen) atoms. The van der Waals surface area contributed by atoms with Crippen LogP contribution in [0.1, 0.15) is 41.0 Å². The van der Waals surface area contributed by atoms with Gasteiger partial charge in [-0.25, -0.2) is 4.79 Å². The molecule has 1 rings (SSSR count). The van der Waals surface area contributed by atoms with Crippen LogP contribution in [0.15, 0.2) is 24.3 Å². The zero-order valence-electron chi connectivity index (χ0n) is 9.36. The minimum absolute atomic E-state index is 0.117. The smallest absolute Gasteiger partial charge is 0.335 e. The van der Waals surface area contributed by atoms with Crippen molar-refractivity contribution in [3.05, 3.63) is 35.4 Å². The predicted octanol–water partition coefficient (Wildman–Crippen LogP) is 1.91. The quantitative estimate of drug-likeness (QED) is 0.816. The van der Waals surface area contributed by atoms with Crippen LogP contribution in [-0.2, 0) is 0 Å². The second-order valence-corrected chi connectivity index (χ2v) is 3.67. The van der Waals surface area contributed by atoms with Crippen molar-refractivity contribution in [1.29, 1.82) is 0 Å². The van der Waals surface area contributed by atoms with Crippen molar-refractivity contribution < 1.29 is 14.7 Å². The minimum atomic E-state index is -0.992. The van der Waals surface area contributed by atoms with Crippen LogP contribution in [0.2, 0.25) is 0 Å². The van der Waals surface area contributed by atoms with Gasteiger partial charge in [-0.3, -0.25) is 4.79 Å². The molecular weight excluding hydrogens is 206 g/mol. The SMILES string of the molecule is CCC(C)NC(=O)c1ccc(C(=O)O)cc1. The third-order valence-corrected chi connectivity index (χ3v) is 2.38. The van der Waals surface area contributed by atoms with Crippen LogP contribution in [0, 0.1) is 0 Å². The van der Waals surface area contributed by atoms with Crippen LogP contribution in [0.4, 0.5) is 0 Å². The van der Waals surface area contributed by atoms with Gasteiger partial charge in [0.15, 0.2) is 0 Å². The number of nitrogens with one attached hydrogen (secondary N) is 1. The van der Waals surface area contributed by atoms with E-state index >= 15 is 0 Å². The van der Waals surface area contributed by atoms with Gasteiger partial charge in [0.05, 0.1) is 5.56 Å². The molecule has 1 amide bonds. The largest absolute Gasteiger partial charge is 0.478 e. The number of carboxylic acid groups (broad SMARTS) is 1. The van der Waals surface area contributed by atoms with E-state index in [0.717, 1.165) is 6.42 Å². The highest BCUT2D eigenvalue weighted by molar-refractivity contribution is 5.95. The van der Waals surface area contributed by atoms with Crippen molar-refractivity contribution in [3.8, 4) is 0 Å². The molecule has 0 saturated carbocycles. The topological polar surface area (TPSA) is 66.4 Å². The summed E-state index contributed by atoms with van der Waals surface area (Å²) in [5, 5.41) is 11.5. The van der Waals surface area contributed by atoms with Crippen LogP contribution in [0.3, 0.4) is 0 Å². The van der Waals surface area contributed by atoms with Gasteiger partial charge in [-0.1, -0.05) is 6.92 Å². The van der Waals surface area contributed by atoms with Crippen LogP contribution in [0.5, 0.6) is 0 Å². The molecule has 0 saturated heterocycles. The molecule has 0 aliphatic heterocycles. The molecule has 0 spiro atoms. The maximum atomic E-state index is 11.6. The number of aromatic carboxylic acids is 1. The molecule has 0 aliphatic carbocycles. The van der Waals surface area contributed by atoms with Gasteiger partial charge < -0.3 is 10.4 Å². The van der Waals surface area contributed by atoms with E-state index in [-0.39, 0.29) is 17.5 Å². The summed E-state index contributed by atoms with van der Waals surface area (Å²) < 4.78 is 0. The molecule has 1 unspecified atom stereocenters. The van der Waals surface area contributed by atoms with E-state index in [9.17, 15) is 9.59 Å². The first-order chi connectivity index (χ1) is 7.54. The summed E-state index contributed by atoms with van der Waals surface area (Å²) in [5.74, 6) is -1.17. The first-order valence-corrected chi connectivity index (χ1v) is 5.18. The van der Waals surface area contributed by atoms with Crippen molar-refractivity contribution in [2.24, 2.45) is 0 Å². The molecule has 0 aromatic heterocycles. The first-order valence-electron chi connectivity index (χ1n) is 5.18. The van der Waals surface area contributed by atoms with Gasteiger partial charge in [0, 0.05) is 11.6 Å². The lowest BCUT2D eigenvalue weighted by Gasteiger charge is -2.11. The molecular formula is C12H15NO3. The Labute approximate surface area is 94.3 Å². The van der Waals surface area contributed by atoms with E-state index in [1.54, 1.807) is 0 Å². The summed E-state index contributed by atoms with van der Waals surface area (Å²) in [6.07, 6.45) is 0.860. The highest BCUT2D eigenvalue weighted by Gasteiger charge is 2.09. The summed E-state index contributed by atoms with van der Waals surface area (Å²) in [6.45, 7) is 3.90. The second kappa shape index (κ2) is 5.30. The zero-order chi connectivity index (χ0) is 12.1. The normalized spacial score (nSPS) is 11.9. The Bertz CT molecular complexity index is 384. The van der Waals surface area contributed by atoms with Crippen molar-refractivity contribution in [2.45, 2.75) is 26.3 Å². The molecule has 0 aliphatic rings. The predicted molar refractivity (Wildman–Crippen MR) is 60.6 cm³/mol. The van der Waals surface area contributed by atoms with Crippen molar-refractivity contribution >= 4 is 11.9 Å². The number of carboxylic acids is 1. The molecule has 4 heteroatoms. The lowest BCUT2D eigenvalue weighted by Crippen LogP contribution is -2.31. The summed E-state index contributed by atoms with van der Waals surface area (Å²) in [4.78, 5) is 22.2. The monoisotopic (exact) mass is 221 g/mol. The number of rotatable bonds is 4. The molecule has 1 aromatic carbocycles. The Hall–Kier alpha value is -1.84. The van der Waals surface area contributed by atoms with E-state index in [4.69, 9.17) is 5.11 Å². The fourth-order valence-corrected chi connectivity index (χ4v) is 1.17. The molecule has 4 nitrogen and oxygen atoms in total. The van der Waals surface area contributed by atoms with Crippen LogP contribution >= 0.6 is 0 Å². The Morgan fingerprint density at radius 2 is 1.75 bits per heavy atom. The number of amides is 1. The molecule has 2 N–H and O–H groups in total. The van der Waals surface area contributed by atoms with Crippen LogP contribution in [0.25, 0.3) is 0 Å². The summed E-state index contributed by atoms with van der Waals surface area (Å²) in [7, 11) is 0. The van der Waals surface area contributed by atoms with E-state index in [1.807, 2.05) is 13.8 Å². The van der Waals surface area contributed by atoms with E-state index in [2.05, 4.69) is 5.32 Å². The van der Waals surface area contributed by atoms with Gasteiger partial charge >= 0.3 is 5.97 Å². The van der Waals surface area contributed by atoms with Crippen molar-refractivity contribution in [2.75, 3.05) is 0 Å². The van der Waals surface area contributed by atoms with Crippen molar-refractivity contribution in [3.63, 3.8) is 0 Å². The molecule has 1 aromatic rings. The first kappa shape index (κ1) is 12.2. The third kappa shape index (κ3) is 3.08. The molecule has 86 valence electrons. The molecule has 0 heterocycles. The fourth-order valence-electron chi connectivity index (χ4n) is 1.17. The van der Waals surface area contributed by atoms with Gasteiger partial charge in [-0.05, 0) is 37.6 Å². The van der Waals surface area contributed by atoms with Crippen molar-refractivity contribution in [1.82, 2.24) is 5.32 Å². The molecule has 0 radical (unpaired) electrons. The second-order valence-electron chi connectivity index (χ2n) is 3.67. The van der Waals surface area contributed by atoms with Crippen LogP contribution < -0.4 is 5.32 Å². The zero-order valence-corrected chi connectivity index (χ0v) is 9.36. The van der Waals surface area contributed by atoms with Gasteiger partial charge in [0.25, 0.3) is 5.91 Å². The van der Waals surface area contributed by atoms with E-state index < -0.39 is 5.97 Å². The number of benzene rings is 1. The van der Waals surface area contributed by atoms with Gasteiger partial charge in [-0.2, -0.15) is 0 Å². The van der Waals surface area contributed by atoms with E-state index in [1.165, 1.54) is 24.3 Å². The summed E-state index contributed by atoms with van der Waals surface area (Å²) in [5.41, 5.74) is 0.658. The van der Waals surface area contributed by atoms with Crippen LogP contribution in [-0.4, -0.2) is 23.0 Å². The highest BCUT2D eigenvalue weighted by Crippen LogP contribution is 2.05. The molecule has 0 fully saturated rings. The van der Waals surface area contributed by atoms with Gasteiger partial charge in [0.1, 0.15) is 0 Å². The maximum absolute atomic E-state index is 11.6. The number of hydrogen-bond acceptors (Lipinski definition) is 2. The highest BCUT2D eigenvalue weighted by atomic mass is 16.4. The lowest BCUT2D eigenvalue weighted by molar-refractivity contribution is 0.0696. The summed E-state index contributed by atoms with van der Waals surface area (Å²) >= 11 is 0. The Morgan fingerprint density at radius 3 is 2.19 bits per heavy atom. The maximum Gasteiger partial charge on any atom is 0.335 e. The molecule has 0 bridgehead atoms.